The summed E-state index contributed by atoms with van der Waals surface area (Å²) in [6.45, 7) is 0.604. The van der Waals surface area contributed by atoms with Crippen LogP contribution >= 0.6 is 11.6 Å². The molecule has 0 aliphatic carbocycles. The van der Waals surface area contributed by atoms with Gasteiger partial charge in [-0.2, -0.15) is 4.98 Å². The number of carboxylic acid groups (broad SMARTS) is 1. The molecule has 1 aromatic rings. The number of carbonyl (C=O) groups is 1. The van der Waals surface area contributed by atoms with Gasteiger partial charge in [0.1, 0.15) is 5.02 Å². The number of halogens is 1. The zero-order valence-corrected chi connectivity index (χ0v) is 10.2. The summed E-state index contributed by atoms with van der Waals surface area (Å²) in [5.74, 6) is -0.291. The molecule has 0 aromatic carbocycles. The Hall–Kier alpha value is -1.56. The Morgan fingerprint density at radius 2 is 2.35 bits per heavy atom. The quantitative estimate of drug-likeness (QED) is 0.727. The van der Waals surface area contributed by atoms with Crippen molar-refractivity contribution in [2.24, 2.45) is 0 Å². The molecule has 6 nitrogen and oxygen atoms in total. The Morgan fingerprint density at radius 1 is 1.59 bits per heavy atom. The number of aliphatic carboxylic acids is 1. The maximum Gasteiger partial charge on any atom is 0.318 e. The number of anilines is 1. The van der Waals surface area contributed by atoms with E-state index in [0.29, 0.717) is 23.8 Å². The van der Waals surface area contributed by atoms with Gasteiger partial charge in [0, 0.05) is 13.0 Å². The smallest absolute Gasteiger partial charge is 0.318 e. The number of nitrogens with zero attached hydrogens (tertiary/aromatic N) is 2. The molecule has 94 valence electrons. The normalized spacial score (nSPS) is 10.0. The van der Waals surface area contributed by atoms with Crippen LogP contribution < -0.4 is 10.1 Å². The highest BCUT2D eigenvalue weighted by atomic mass is 35.5. The molecule has 17 heavy (non-hydrogen) atoms. The van der Waals surface area contributed by atoms with Crippen molar-refractivity contribution >= 4 is 23.4 Å². The first-order chi connectivity index (χ1) is 8.13. The molecule has 0 aliphatic heterocycles. The maximum absolute atomic E-state index is 10.3. The third-order valence-electron chi connectivity index (χ3n) is 2.01. The molecule has 1 aromatic heterocycles. The number of hydrogen-bond acceptors (Lipinski definition) is 5. The van der Waals surface area contributed by atoms with Crippen molar-refractivity contribution in [1.29, 1.82) is 0 Å². The van der Waals surface area contributed by atoms with E-state index in [1.165, 1.54) is 13.3 Å². The Bertz CT molecular complexity index is 387. The zero-order chi connectivity index (χ0) is 12.7. The van der Waals surface area contributed by atoms with Gasteiger partial charge in [-0.3, -0.25) is 4.79 Å². The lowest BCUT2D eigenvalue weighted by Gasteiger charge is -2.07. The van der Waals surface area contributed by atoms with Crippen LogP contribution in [-0.4, -0.2) is 34.7 Å². The average molecular weight is 260 g/mol. The van der Waals surface area contributed by atoms with Crippen molar-refractivity contribution in [3.8, 4) is 6.01 Å². The van der Waals surface area contributed by atoms with Crippen LogP contribution in [0.2, 0.25) is 5.02 Å². The number of nitrogens with one attached hydrogen (secondary N) is 1. The molecule has 0 radical (unpaired) electrons. The van der Waals surface area contributed by atoms with Gasteiger partial charge in [-0.15, -0.1) is 0 Å². The van der Waals surface area contributed by atoms with Crippen LogP contribution in [0.4, 0.5) is 5.82 Å². The minimum absolute atomic E-state index is 0.169. The second-order valence-corrected chi connectivity index (χ2v) is 3.74. The fourth-order valence-corrected chi connectivity index (χ4v) is 1.34. The van der Waals surface area contributed by atoms with Crippen molar-refractivity contribution in [3.63, 3.8) is 0 Å². The van der Waals surface area contributed by atoms with Gasteiger partial charge in [0.25, 0.3) is 0 Å². The summed E-state index contributed by atoms with van der Waals surface area (Å²) in [5, 5.41) is 11.9. The van der Waals surface area contributed by atoms with Crippen LogP contribution in [0.3, 0.4) is 0 Å². The van der Waals surface area contributed by atoms with Crippen LogP contribution in [-0.2, 0) is 4.79 Å². The minimum atomic E-state index is -0.785. The number of carboxylic acids is 1. The fraction of sp³-hybridized carbons (Fsp3) is 0.500. The van der Waals surface area contributed by atoms with E-state index in [2.05, 4.69) is 15.3 Å². The fourth-order valence-electron chi connectivity index (χ4n) is 1.18. The van der Waals surface area contributed by atoms with Crippen molar-refractivity contribution in [1.82, 2.24) is 9.97 Å². The Labute approximate surface area is 104 Å². The van der Waals surface area contributed by atoms with Crippen LogP contribution in [0, 0.1) is 0 Å². The lowest BCUT2D eigenvalue weighted by atomic mass is 10.2. The predicted molar refractivity (Wildman–Crippen MR) is 63.6 cm³/mol. The van der Waals surface area contributed by atoms with Gasteiger partial charge in [0.05, 0.1) is 13.3 Å². The lowest BCUT2D eigenvalue weighted by Crippen LogP contribution is -2.06. The first kappa shape index (κ1) is 13.5. The summed E-state index contributed by atoms with van der Waals surface area (Å²) in [4.78, 5) is 18.2. The molecule has 0 amide bonds. The summed E-state index contributed by atoms with van der Waals surface area (Å²) in [7, 11) is 1.47. The third kappa shape index (κ3) is 4.86. The molecule has 0 saturated heterocycles. The molecule has 0 fully saturated rings. The summed E-state index contributed by atoms with van der Waals surface area (Å²) in [5.41, 5.74) is 0. The Balaban J connectivity index is 2.38. The summed E-state index contributed by atoms with van der Waals surface area (Å²) in [6, 6.07) is 0.238. The number of ether oxygens (including phenoxy) is 1. The van der Waals surface area contributed by atoms with E-state index in [1.807, 2.05) is 0 Å². The maximum atomic E-state index is 10.3. The lowest BCUT2D eigenvalue weighted by molar-refractivity contribution is -0.137. The molecule has 0 spiro atoms. The average Bonchev–Trinajstić information content (AvgIpc) is 2.30. The van der Waals surface area contributed by atoms with Crippen molar-refractivity contribution in [3.05, 3.63) is 11.2 Å². The molecule has 0 aliphatic rings. The first-order valence-corrected chi connectivity index (χ1v) is 5.53. The summed E-state index contributed by atoms with van der Waals surface area (Å²) < 4.78 is 4.87. The van der Waals surface area contributed by atoms with Gasteiger partial charge in [-0.1, -0.05) is 11.6 Å². The van der Waals surface area contributed by atoms with E-state index >= 15 is 0 Å². The van der Waals surface area contributed by atoms with Crippen molar-refractivity contribution < 1.29 is 14.6 Å². The zero-order valence-electron chi connectivity index (χ0n) is 9.44. The van der Waals surface area contributed by atoms with Crippen LogP contribution in [0.5, 0.6) is 6.01 Å². The van der Waals surface area contributed by atoms with Gasteiger partial charge in [0.2, 0.25) is 0 Å². The number of hydrogen-bond donors (Lipinski definition) is 2. The predicted octanol–water partition coefficient (Wildman–Crippen LogP) is 1.81. The van der Waals surface area contributed by atoms with Crippen molar-refractivity contribution in [2.45, 2.75) is 19.3 Å². The van der Waals surface area contributed by atoms with Gasteiger partial charge in [-0.25, -0.2) is 4.98 Å². The van der Waals surface area contributed by atoms with E-state index in [-0.39, 0.29) is 12.4 Å². The molecule has 2 N–H and O–H groups in total. The monoisotopic (exact) mass is 259 g/mol. The van der Waals surface area contributed by atoms with E-state index in [1.54, 1.807) is 0 Å². The largest absolute Gasteiger partial charge is 0.481 e. The molecule has 1 heterocycles. The van der Waals surface area contributed by atoms with Crippen LogP contribution in [0.15, 0.2) is 6.20 Å². The summed E-state index contributed by atoms with van der Waals surface area (Å²) in [6.07, 6.45) is 2.96. The highest BCUT2D eigenvalue weighted by molar-refractivity contribution is 6.32. The second-order valence-electron chi connectivity index (χ2n) is 3.33. The van der Waals surface area contributed by atoms with E-state index < -0.39 is 5.97 Å². The molecular formula is C10H14ClN3O3. The van der Waals surface area contributed by atoms with E-state index in [0.717, 1.165) is 6.42 Å². The SMILES string of the molecule is COc1ncc(Cl)c(NCCCCC(=O)O)n1. The highest BCUT2D eigenvalue weighted by Crippen LogP contribution is 2.19. The Kier molecular flexibility index (Phi) is 5.48. The summed E-state index contributed by atoms with van der Waals surface area (Å²) >= 11 is 5.88. The first-order valence-electron chi connectivity index (χ1n) is 5.15. The van der Waals surface area contributed by atoms with Gasteiger partial charge < -0.3 is 15.2 Å². The molecule has 0 atom stereocenters. The number of methoxy groups -OCH3 is 1. The minimum Gasteiger partial charge on any atom is -0.481 e. The topological polar surface area (TPSA) is 84.3 Å². The molecule has 1 rings (SSSR count). The van der Waals surface area contributed by atoms with Crippen molar-refractivity contribution in [2.75, 3.05) is 19.0 Å². The van der Waals surface area contributed by atoms with Gasteiger partial charge in [0.15, 0.2) is 5.82 Å². The number of aromatic nitrogens is 2. The standard InChI is InChI=1S/C10H14ClN3O3/c1-17-10-13-6-7(11)9(14-10)12-5-3-2-4-8(15)16/h6H,2-5H2,1H3,(H,15,16)(H,12,13,14). The number of unbranched alkanes of at least 4 members (excludes halogenated alkanes) is 1. The molecular weight excluding hydrogens is 246 g/mol. The highest BCUT2D eigenvalue weighted by Gasteiger charge is 2.04. The molecule has 0 bridgehead atoms. The molecule has 0 saturated carbocycles. The van der Waals surface area contributed by atoms with Crippen LogP contribution in [0.25, 0.3) is 0 Å². The third-order valence-corrected chi connectivity index (χ3v) is 2.29. The molecule has 0 unspecified atom stereocenters. The Morgan fingerprint density at radius 3 is 3.00 bits per heavy atom. The van der Waals surface area contributed by atoms with Gasteiger partial charge >= 0.3 is 12.0 Å². The number of rotatable bonds is 7. The molecule has 7 heteroatoms. The van der Waals surface area contributed by atoms with E-state index in [4.69, 9.17) is 21.4 Å². The second kappa shape index (κ2) is 6.90. The van der Waals surface area contributed by atoms with E-state index in [9.17, 15) is 4.79 Å². The van der Waals surface area contributed by atoms with Gasteiger partial charge in [-0.05, 0) is 12.8 Å². The van der Waals surface area contributed by atoms with Crippen LogP contribution in [0.1, 0.15) is 19.3 Å².